The van der Waals surface area contributed by atoms with E-state index in [1.165, 1.54) is 11.3 Å². The lowest BCUT2D eigenvalue weighted by Gasteiger charge is -2.20. The summed E-state index contributed by atoms with van der Waals surface area (Å²) in [5, 5.41) is 3.86. The van der Waals surface area contributed by atoms with Gasteiger partial charge in [0, 0.05) is 26.2 Å². The standard InChI is InChI=1S/C14H22N4OS/c1-3-5-16-14(19)13-11(15)10-12(20-13)18-7-4-6-17(2)8-9-18/h3,10H,1,4-9,15H2,2H3,(H,16,19). The Kier molecular flexibility index (Phi) is 5.03. The first kappa shape index (κ1) is 14.9. The summed E-state index contributed by atoms with van der Waals surface area (Å²) in [6.45, 7) is 8.19. The quantitative estimate of drug-likeness (QED) is 0.824. The lowest BCUT2D eigenvalue weighted by Crippen LogP contribution is -2.28. The number of nitrogen functional groups attached to an aromatic ring is 1. The van der Waals surface area contributed by atoms with Crippen molar-refractivity contribution < 1.29 is 4.79 Å². The summed E-state index contributed by atoms with van der Waals surface area (Å²) in [4.78, 5) is 17.2. The van der Waals surface area contributed by atoms with Crippen LogP contribution in [-0.4, -0.2) is 50.6 Å². The highest BCUT2D eigenvalue weighted by Gasteiger charge is 2.19. The fraction of sp³-hybridized carbons (Fsp3) is 0.500. The number of nitrogens with one attached hydrogen (secondary N) is 1. The minimum atomic E-state index is -0.120. The molecule has 3 N–H and O–H groups in total. The van der Waals surface area contributed by atoms with Gasteiger partial charge in [0.05, 0.1) is 10.7 Å². The average molecular weight is 294 g/mol. The van der Waals surface area contributed by atoms with Gasteiger partial charge in [-0.15, -0.1) is 17.9 Å². The predicted molar refractivity (Wildman–Crippen MR) is 85.6 cm³/mol. The lowest BCUT2D eigenvalue weighted by atomic mass is 10.3. The van der Waals surface area contributed by atoms with Gasteiger partial charge >= 0.3 is 0 Å². The number of hydrogen-bond acceptors (Lipinski definition) is 5. The molecule has 0 bridgehead atoms. The van der Waals surface area contributed by atoms with Crippen LogP contribution >= 0.6 is 11.3 Å². The Morgan fingerprint density at radius 3 is 3.05 bits per heavy atom. The van der Waals surface area contributed by atoms with E-state index >= 15 is 0 Å². The lowest BCUT2D eigenvalue weighted by molar-refractivity contribution is 0.0963. The highest BCUT2D eigenvalue weighted by atomic mass is 32.1. The molecule has 0 radical (unpaired) electrons. The monoisotopic (exact) mass is 294 g/mol. The fourth-order valence-corrected chi connectivity index (χ4v) is 3.29. The zero-order valence-electron chi connectivity index (χ0n) is 11.9. The summed E-state index contributed by atoms with van der Waals surface area (Å²) in [5.74, 6) is -0.120. The maximum Gasteiger partial charge on any atom is 0.263 e. The molecule has 6 heteroatoms. The third-order valence-corrected chi connectivity index (χ3v) is 4.60. The molecule has 0 saturated carbocycles. The van der Waals surface area contributed by atoms with E-state index in [4.69, 9.17) is 5.73 Å². The zero-order chi connectivity index (χ0) is 14.5. The van der Waals surface area contributed by atoms with Crippen LogP contribution in [0.4, 0.5) is 10.7 Å². The molecule has 1 aromatic rings. The van der Waals surface area contributed by atoms with Crippen LogP contribution in [0.25, 0.3) is 0 Å². The van der Waals surface area contributed by atoms with E-state index in [9.17, 15) is 4.79 Å². The molecule has 1 aliphatic rings. The van der Waals surface area contributed by atoms with Crippen molar-refractivity contribution in [3.05, 3.63) is 23.6 Å². The number of anilines is 2. The first-order valence-corrected chi connectivity index (χ1v) is 7.65. The molecule has 0 unspecified atom stereocenters. The molecule has 1 amide bonds. The van der Waals surface area contributed by atoms with Crippen molar-refractivity contribution >= 4 is 27.9 Å². The third kappa shape index (κ3) is 3.52. The summed E-state index contributed by atoms with van der Waals surface area (Å²) in [7, 11) is 2.14. The normalized spacial score (nSPS) is 16.8. The van der Waals surface area contributed by atoms with E-state index in [1.54, 1.807) is 6.08 Å². The minimum absolute atomic E-state index is 0.120. The van der Waals surface area contributed by atoms with Crippen molar-refractivity contribution in [2.45, 2.75) is 6.42 Å². The maximum atomic E-state index is 12.0. The Morgan fingerprint density at radius 1 is 1.50 bits per heavy atom. The molecular formula is C14H22N4OS. The zero-order valence-corrected chi connectivity index (χ0v) is 12.7. The number of nitrogens with two attached hydrogens (primary N) is 1. The van der Waals surface area contributed by atoms with E-state index in [0.29, 0.717) is 17.1 Å². The molecule has 1 aliphatic heterocycles. The number of thiophene rings is 1. The van der Waals surface area contributed by atoms with Crippen LogP contribution in [0.2, 0.25) is 0 Å². The van der Waals surface area contributed by atoms with E-state index in [1.807, 2.05) is 6.07 Å². The smallest absolute Gasteiger partial charge is 0.263 e. The largest absolute Gasteiger partial charge is 0.397 e. The maximum absolute atomic E-state index is 12.0. The fourth-order valence-electron chi connectivity index (χ4n) is 2.24. The van der Waals surface area contributed by atoms with Gasteiger partial charge in [-0.05, 0) is 26.1 Å². The SMILES string of the molecule is C=CCNC(=O)c1sc(N2CCCN(C)CC2)cc1N. The molecule has 1 saturated heterocycles. The first-order chi connectivity index (χ1) is 9.61. The van der Waals surface area contributed by atoms with Crippen LogP contribution in [0.1, 0.15) is 16.1 Å². The second kappa shape index (κ2) is 6.76. The minimum Gasteiger partial charge on any atom is -0.397 e. The van der Waals surface area contributed by atoms with Crippen LogP contribution in [0, 0.1) is 0 Å². The van der Waals surface area contributed by atoms with Crippen LogP contribution in [0.3, 0.4) is 0 Å². The summed E-state index contributed by atoms with van der Waals surface area (Å²) >= 11 is 1.47. The number of carbonyl (C=O) groups excluding carboxylic acids is 1. The van der Waals surface area contributed by atoms with Gasteiger partial charge in [-0.3, -0.25) is 4.79 Å². The number of hydrogen-bond donors (Lipinski definition) is 2. The first-order valence-electron chi connectivity index (χ1n) is 6.83. The van der Waals surface area contributed by atoms with Crippen LogP contribution in [0.15, 0.2) is 18.7 Å². The summed E-state index contributed by atoms with van der Waals surface area (Å²) < 4.78 is 0. The molecule has 2 rings (SSSR count). The summed E-state index contributed by atoms with van der Waals surface area (Å²) in [6, 6.07) is 1.92. The highest BCUT2D eigenvalue weighted by Crippen LogP contribution is 2.32. The Labute approximate surface area is 124 Å². The molecule has 1 fully saturated rings. The predicted octanol–water partition coefficient (Wildman–Crippen LogP) is 1.39. The Bertz CT molecular complexity index is 486. The van der Waals surface area contributed by atoms with E-state index < -0.39 is 0 Å². The van der Waals surface area contributed by atoms with Crippen molar-refractivity contribution in [2.24, 2.45) is 0 Å². The van der Waals surface area contributed by atoms with Gasteiger partial charge in [0.25, 0.3) is 5.91 Å². The van der Waals surface area contributed by atoms with Crippen molar-refractivity contribution in [1.82, 2.24) is 10.2 Å². The van der Waals surface area contributed by atoms with E-state index in [0.717, 1.165) is 37.6 Å². The molecule has 0 aromatic carbocycles. The van der Waals surface area contributed by atoms with Gasteiger partial charge in [0.15, 0.2) is 0 Å². The summed E-state index contributed by atoms with van der Waals surface area (Å²) in [5.41, 5.74) is 6.53. The van der Waals surface area contributed by atoms with Crippen LogP contribution in [0.5, 0.6) is 0 Å². The molecule has 1 aromatic heterocycles. The Hall–Kier alpha value is -1.53. The number of carbonyl (C=O) groups is 1. The molecule has 5 nitrogen and oxygen atoms in total. The summed E-state index contributed by atoms with van der Waals surface area (Å²) in [6.07, 6.45) is 2.79. The van der Waals surface area contributed by atoms with Gasteiger partial charge in [-0.2, -0.15) is 0 Å². The Morgan fingerprint density at radius 2 is 2.30 bits per heavy atom. The van der Waals surface area contributed by atoms with Crippen molar-refractivity contribution in [3.63, 3.8) is 0 Å². The molecule has 0 spiro atoms. The van der Waals surface area contributed by atoms with Crippen molar-refractivity contribution in [1.29, 1.82) is 0 Å². The van der Waals surface area contributed by atoms with Gasteiger partial charge < -0.3 is 20.9 Å². The molecule has 110 valence electrons. The van der Waals surface area contributed by atoms with Gasteiger partial charge in [0.1, 0.15) is 4.88 Å². The number of likely N-dealkylation sites (N-methyl/N-ethyl adjacent to an activating group) is 1. The van der Waals surface area contributed by atoms with Crippen molar-refractivity contribution in [2.75, 3.05) is 50.4 Å². The highest BCUT2D eigenvalue weighted by molar-refractivity contribution is 7.18. The molecule has 0 aliphatic carbocycles. The third-order valence-electron chi connectivity index (χ3n) is 3.39. The topological polar surface area (TPSA) is 61.6 Å². The molecular weight excluding hydrogens is 272 g/mol. The average Bonchev–Trinajstić information content (AvgIpc) is 2.68. The number of nitrogens with zero attached hydrogens (tertiary/aromatic N) is 2. The Balaban J connectivity index is 2.09. The van der Waals surface area contributed by atoms with Crippen LogP contribution < -0.4 is 16.0 Å². The molecule has 0 atom stereocenters. The molecule has 20 heavy (non-hydrogen) atoms. The molecule has 2 heterocycles. The van der Waals surface area contributed by atoms with E-state index in [2.05, 4.69) is 28.7 Å². The second-order valence-corrected chi connectivity index (χ2v) is 6.04. The van der Waals surface area contributed by atoms with Gasteiger partial charge in [-0.25, -0.2) is 0 Å². The van der Waals surface area contributed by atoms with Crippen molar-refractivity contribution in [3.8, 4) is 0 Å². The van der Waals surface area contributed by atoms with Gasteiger partial charge in [0.2, 0.25) is 0 Å². The van der Waals surface area contributed by atoms with Crippen LogP contribution in [-0.2, 0) is 0 Å². The van der Waals surface area contributed by atoms with E-state index in [-0.39, 0.29) is 5.91 Å². The van der Waals surface area contributed by atoms with Gasteiger partial charge in [-0.1, -0.05) is 6.08 Å². The second-order valence-electron chi connectivity index (χ2n) is 5.01. The number of rotatable bonds is 4. The number of amides is 1.